The maximum absolute atomic E-state index is 11.8. The Morgan fingerprint density at radius 1 is 1.24 bits per heavy atom. The Hall–Kier alpha value is -2.75. The molecule has 1 unspecified atom stereocenters. The molecule has 1 saturated heterocycles. The van der Waals surface area contributed by atoms with Gasteiger partial charge in [0.05, 0.1) is 12.7 Å². The minimum atomic E-state index is -0.884. The average molecular weight is 350 g/mol. The first-order valence-corrected chi connectivity index (χ1v) is 7.82. The van der Waals surface area contributed by atoms with Gasteiger partial charge < -0.3 is 19.2 Å². The number of fused-ring (bicyclic) bond motifs is 1. The minimum absolute atomic E-state index is 0.136. The highest BCUT2D eigenvalue weighted by Crippen LogP contribution is 2.36. The summed E-state index contributed by atoms with van der Waals surface area (Å²) in [6, 6.07) is 0. The largest absolute Gasteiger partial charge is 0.456 e. The van der Waals surface area contributed by atoms with Gasteiger partial charge >= 0.3 is 11.9 Å². The average Bonchev–Trinajstić information content (AvgIpc) is 3.10. The van der Waals surface area contributed by atoms with Crippen LogP contribution in [-0.2, 0) is 23.8 Å². The van der Waals surface area contributed by atoms with Gasteiger partial charge in [-0.3, -0.25) is 19.0 Å². The number of esters is 2. The molecule has 2 aromatic rings. The summed E-state index contributed by atoms with van der Waals surface area (Å²) in [5, 5.41) is 0. The van der Waals surface area contributed by atoms with Crippen LogP contribution in [0, 0.1) is 0 Å². The standard InChI is InChI=1S/C15H18N4O6/c1-4-9-11(23-7(2)20)12(24-8(3)21)15(25-9)19-6-18-10-13(19)16-5-17-14(10)22/h5-6,9,11-12,15H,4H2,1-3H3,(H,16,17,22)/t9-,11?,12+,15-/m1/s1. The Balaban J connectivity index is 2.05. The van der Waals surface area contributed by atoms with Crippen LogP contribution in [0.15, 0.2) is 17.4 Å². The van der Waals surface area contributed by atoms with Crippen LogP contribution in [0.2, 0.25) is 0 Å². The third-order valence-corrected chi connectivity index (χ3v) is 3.93. The topological polar surface area (TPSA) is 125 Å². The van der Waals surface area contributed by atoms with Crippen molar-refractivity contribution in [3.05, 3.63) is 23.0 Å². The molecule has 0 aliphatic carbocycles. The first-order valence-electron chi connectivity index (χ1n) is 7.82. The van der Waals surface area contributed by atoms with E-state index in [4.69, 9.17) is 14.2 Å². The molecule has 0 amide bonds. The predicted molar refractivity (Wildman–Crippen MR) is 83.5 cm³/mol. The highest BCUT2D eigenvalue weighted by Gasteiger charge is 2.49. The Morgan fingerprint density at radius 2 is 1.92 bits per heavy atom. The van der Waals surface area contributed by atoms with Crippen LogP contribution >= 0.6 is 0 Å². The fourth-order valence-corrected chi connectivity index (χ4v) is 2.96. The van der Waals surface area contributed by atoms with Crippen molar-refractivity contribution in [2.45, 2.75) is 51.7 Å². The zero-order valence-corrected chi connectivity index (χ0v) is 14.0. The second kappa shape index (κ2) is 6.63. The maximum atomic E-state index is 11.8. The van der Waals surface area contributed by atoms with E-state index in [1.54, 1.807) is 0 Å². The van der Waals surface area contributed by atoms with Crippen LogP contribution in [0.25, 0.3) is 11.2 Å². The van der Waals surface area contributed by atoms with Gasteiger partial charge in [0.15, 0.2) is 29.6 Å². The van der Waals surface area contributed by atoms with Gasteiger partial charge in [-0.15, -0.1) is 0 Å². The molecule has 10 heteroatoms. The van der Waals surface area contributed by atoms with Gasteiger partial charge in [0.25, 0.3) is 5.56 Å². The van der Waals surface area contributed by atoms with E-state index in [0.29, 0.717) is 6.42 Å². The highest BCUT2D eigenvalue weighted by molar-refractivity contribution is 5.69. The molecule has 25 heavy (non-hydrogen) atoms. The SMILES string of the molecule is CC[C@H]1O[C@@H](n2cnc3c(=O)[nH]cnc32)[C@@H](OC(C)=O)C1OC(C)=O. The summed E-state index contributed by atoms with van der Waals surface area (Å²) in [5.41, 5.74) is 0.0234. The van der Waals surface area contributed by atoms with E-state index >= 15 is 0 Å². The van der Waals surface area contributed by atoms with Gasteiger partial charge in [-0.2, -0.15) is 0 Å². The number of rotatable bonds is 4. The summed E-state index contributed by atoms with van der Waals surface area (Å²) in [6.45, 7) is 4.40. The van der Waals surface area contributed by atoms with Crippen LogP contribution in [0.1, 0.15) is 33.4 Å². The number of H-pyrrole nitrogens is 1. The van der Waals surface area contributed by atoms with E-state index < -0.39 is 42.0 Å². The second-order valence-corrected chi connectivity index (χ2v) is 5.68. The van der Waals surface area contributed by atoms with Crippen LogP contribution < -0.4 is 5.56 Å². The first-order chi connectivity index (χ1) is 11.9. The Labute approximate surface area is 142 Å². The number of nitrogens with zero attached hydrogens (tertiary/aromatic N) is 3. The lowest BCUT2D eigenvalue weighted by atomic mass is 10.1. The third-order valence-electron chi connectivity index (χ3n) is 3.93. The molecule has 10 nitrogen and oxygen atoms in total. The van der Waals surface area contributed by atoms with E-state index in [9.17, 15) is 14.4 Å². The lowest BCUT2D eigenvalue weighted by molar-refractivity contribution is -0.165. The number of hydrogen-bond acceptors (Lipinski definition) is 8. The molecule has 0 radical (unpaired) electrons. The van der Waals surface area contributed by atoms with Gasteiger partial charge in [-0.05, 0) is 6.42 Å². The monoisotopic (exact) mass is 350 g/mol. The number of carbonyl (C=O) groups is 2. The van der Waals surface area contributed by atoms with E-state index in [2.05, 4.69) is 15.0 Å². The molecule has 3 rings (SSSR count). The summed E-state index contributed by atoms with van der Waals surface area (Å²) in [6.07, 6.45) is 0.222. The van der Waals surface area contributed by atoms with Crippen LogP contribution in [0.5, 0.6) is 0 Å². The van der Waals surface area contributed by atoms with Crippen LogP contribution in [-0.4, -0.2) is 49.8 Å². The lowest BCUT2D eigenvalue weighted by Gasteiger charge is -2.23. The zero-order valence-electron chi connectivity index (χ0n) is 14.0. The predicted octanol–water partition coefficient (Wildman–Crippen LogP) is 0.290. The van der Waals surface area contributed by atoms with E-state index in [1.165, 1.54) is 31.1 Å². The van der Waals surface area contributed by atoms with E-state index in [-0.39, 0.29) is 11.2 Å². The number of imidazole rings is 1. The molecule has 0 saturated carbocycles. The number of aromatic amines is 1. The van der Waals surface area contributed by atoms with Crippen molar-refractivity contribution in [1.82, 2.24) is 19.5 Å². The van der Waals surface area contributed by atoms with Gasteiger partial charge in [-0.25, -0.2) is 9.97 Å². The number of carbonyl (C=O) groups excluding carboxylic acids is 2. The second-order valence-electron chi connectivity index (χ2n) is 5.68. The summed E-state index contributed by atoms with van der Waals surface area (Å²) < 4.78 is 18.1. The number of aromatic nitrogens is 4. The number of hydrogen-bond donors (Lipinski definition) is 1. The normalized spacial score (nSPS) is 25.9. The van der Waals surface area contributed by atoms with Gasteiger partial charge in [0.1, 0.15) is 6.10 Å². The molecule has 1 fully saturated rings. The molecule has 1 aliphatic heterocycles. The van der Waals surface area contributed by atoms with Gasteiger partial charge in [0, 0.05) is 13.8 Å². The van der Waals surface area contributed by atoms with Crippen LogP contribution in [0.4, 0.5) is 0 Å². The van der Waals surface area contributed by atoms with Crippen molar-refractivity contribution in [2.75, 3.05) is 0 Å². The van der Waals surface area contributed by atoms with Crippen molar-refractivity contribution in [3.63, 3.8) is 0 Å². The fourth-order valence-electron chi connectivity index (χ4n) is 2.96. The molecule has 0 aromatic carbocycles. The Morgan fingerprint density at radius 3 is 2.56 bits per heavy atom. The molecule has 0 bridgehead atoms. The summed E-state index contributed by atoms with van der Waals surface area (Å²) in [7, 11) is 0. The van der Waals surface area contributed by atoms with Crippen molar-refractivity contribution in [1.29, 1.82) is 0 Å². The third kappa shape index (κ3) is 3.12. The molecule has 1 aliphatic rings. The van der Waals surface area contributed by atoms with Gasteiger partial charge in [-0.1, -0.05) is 6.92 Å². The van der Waals surface area contributed by atoms with Crippen molar-refractivity contribution in [3.8, 4) is 0 Å². The summed E-state index contributed by atoms with van der Waals surface area (Å²) >= 11 is 0. The Kier molecular flexibility index (Phi) is 4.53. The van der Waals surface area contributed by atoms with Gasteiger partial charge in [0.2, 0.25) is 0 Å². The highest BCUT2D eigenvalue weighted by atomic mass is 16.6. The first kappa shape index (κ1) is 17.1. The van der Waals surface area contributed by atoms with Crippen molar-refractivity contribution in [2.24, 2.45) is 0 Å². The molecule has 134 valence electrons. The van der Waals surface area contributed by atoms with E-state index in [0.717, 1.165) is 0 Å². The van der Waals surface area contributed by atoms with Crippen LogP contribution in [0.3, 0.4) is 0 Å². The number of nitrogens with one attached hydrogen (secondary N) is 1. The quantitative estimate of drug-likeness (QED) is 0.780. The molecule has 2 aromatic heterocycles. The minimum Gasteiger partial charge on any atom is -0.456 e. The smallest absolute Gasteiger partial charge is 0.303 e. The Bertz CT molecular complexity index is 859. The summed E-state index contributed by atoms with van der Waals surface area (Å²) in [5.74, 6) is -1.04. The molecular formula is C15H18N4O6. The van der Waals surface area contributed by atoms with E-state index in [1.807, 2.05) is 6.92 Å². The molecule has 4 atom stereocenters. The fraction of sp³-hybridized carbons (Fsp3) is 0.533. The van der Waals surface area contributed by atoms with Crippen molar-refractivity contribution < 1.29 is 23.8 Å². The zero-order chi connectivity index (χ0) is 18.1. The molecule has 1 N–H and O–H groups in total. The molecule has 3 heterocycles. The molecular weight excluding hydrogens is 332 g/mol. The lowest BCUT2D eigenvalue weighted by Crippen LogP contribution is -2.38. The number of ether oxygens (including phenoxy) is 3. The summed E-state index contributed by atoms with van der Waals surface area (Å²) in [4.78, 5) is 45.4. The van der Waals surface area contributed by atoms with Crippen molar-refractivity contribution >= 4 is 23.1 Å². The molecule has 0 spiro atoms. The maximum Gasteiger partial charge on any atom is 0.303 e.